The Labute approximate surface area is 201 Å². The second kappa shape index (κ2) is 7.14. The van der Waals surface area contributed by atoms with Crippen molar-refractivity contribution >= 4 is 51.6 Å². The average Bonchev–Trinajstić information content (AvgIpc) is 3.28. The summed E-state index contributed by atoms with van der Waals surface area (Å²) in [7, 11) is 2.79. The molecule has 34 heavy (non-hydrogen) atoms. The summed E-state index contributed by atoms with van der Waals surface area (Å²) in [5.41, 5.74) is 7.43. The van der Waals surface area contributed by atoms with Crippen LogP contribution in [0.2, 0.25) is 0 Å². The Hall–Kier alpha value is -3.71. The molecule has 3 aliphatic rings. The molecule has 4 amide bonds. The van der Waals surface area contributed by atoms with E-state index < -0.39 is 17.8 Å². The maximum absolute atomic E-state index is 12.7. The number of hydrogen-bond donors (Lipinski definition) is 0. The third-order valence-corrected chi connectivity index (χ3v) is 8.34. The molecule has 0 radical (unpaired) electrons. The van der Waals surface area contributed by atoms with Gasteiger partial charge < -0.3 is 4.90 Å². The van der Waals surface area contributed by atoms with Crippen LogP contribution in [0.25, 0.3) is 6.08 Å². The number of barbiturate groups is 1. The Morgan fingerprint density at radius 3 is 2.06 bits per heavy atom. The lowest BCUT2D eigenvalue weighted by Crippen LogP contribution is -2.52. The van der Waals surface area contributed by atoms with E-state index in [9.17, 15) is 14.4 Å². The number of nitrogens with zero attached hydrogens (tertiary/aromatic N) is 3. The highest BCUT2D eigenvalue weighted by Crippen LogP contribution is 2.58. The summed E-state index contributed by atoms with van der Waals surface area (Å²) in [6, 6.07) is 16.5. The molecule has 3 aliphatic heterocycles. The van der Waals surface area contributed by atoms with Crippen molar-refractivity contribution in [3.05, 3.63) is 81.2 Å². The van der Waals surface area contributed by atoms with Gasteiger partial charge in [-0.2, -0.15) is 0 Å². The Balaban J connectivity index is 1.54. The third-order valence-electron chi connectivity index (χ3n) is 7.26. The Morgan fingerprint density at radius 1 is 0.794 bits per heavy atom. The second-order valence-electron chi connectivity index (χ2n) is 9.10. The van der Waals surface area contributed by atoms with E-state index in [1.807, 2.05) is 0 Å². The molecule has 6 nitrogen and oxygen atoms in total. The van der Waals surface area contributed by atoms with Gasteiger partial charge in [-0.15, -0.1) is 11.3 Å². The highest BCUT2D eigenvalue weighted by atomic mass is 32.1. The van der Waals surface area contributed by atoms with Crippen molar-refractivity contribution < 1.29 is 14.4 Å². The first-order chi connectivity index (χ1) is 16.3. The van der Waals surface area contributed by atoms with Gasteiger partial charge in [-0.3, -0.25) is 19.4 Å². The Bertz CT molecular complexity index is 1430. The molecule has 0 bridgehead atoms. The number of carbonyl (C=O) groups is 3. The fourth-order valence-corrected chi connectivity index (χ4v) is 6.57. The summed E-state index contributed by atoms with van der Waals surface area (Å²) in [5, 5.41) is 1.10. The number of likely N-dealkylation sites (N-methyl/N-ethyl adjacent to an activating group) is 2. The quantitative estimate of drug-likeness (QED) is 0.345. The van der Waals surface area contributed by atoms with Gasteiger partial charge in [-0.25, -0.2) is 4.79 Å². The van der Waals surface area contributed by atoms with Gasteiger partial charge in [-0.1, -0.05) is 50.2 Å². The predicted molar refractivity (Wildman–Crippen MR) is 133 cm³/mol. The fraction of sp³-hybridized carbons (Fsp3) is 0.222. The second-order valence-corrected chi connectivity index (χ2v) is 10.2. The first-order valence-electron chi connectivity index (χ1n) is 11.3. The molecule has 4 heterocycles. The molecule has 0 N–H and O–H groups in total. The lowest BCUT2D eigenvalue weighted by atomic mass is 9.79. The number of imide groups is 2. The largest absolute Gasteiger partial charge is 0.333 e. The molecule has 0 aliphatic carbocycles. The molecular formula is C27H23N3O3S. The summed E-state index contributed by atoms with van der Waals surface area (Å²) in [4.78, 5) is 42.7. The Kier molecular flexibility index (Phi) is 4.38. The van der Waals surface area contributed by atoms with E-state index >= 15 is 0 Å². The van der Waals surface area contributed by atoms with Crippen molar-refractivity contribution in [3.8, 4) is 0 Å². The molecule has 1 aromatic heterocycles. The number of rotatable bonds is 1. The normalized spacial score (nSPS) is 20.9. The van der Waals surface area contributed by atoms with E-state index in [4.69, 9.17) is 0 Å². The monoisotopic (exact) mass is 469 g/mol. The number of para-hydroxylation sites is 2. The van der Waals surface area contributed by atoms with Crippen molar-refractivity contribution in [3.63, 3.8) is 0 Å². The standard InChI is InChI=1S/C27H23N3O3S/c1-14-17-8-5-6-11-22(17)30-23-18(14)9-7-10-19(23)15(2)20-12-16(34-26(20)30)13-21-24(31)28(3)27(33)29(4)25(21)32/h5-15H,1-4H3. The van der Waals surface area contributed by atoms with Crippen molar-refractivity contribution in [2.45, 2.75) is 25.7 Å². The molecule has 1 fully saturated rings. The predicted octanol–water partition coefficient (Wildman–Crippen LogP) is 5.58. The zero-order chi connectivity index (χ0) is 23.9. The van der Waals surface area contributed by atoms with Gasteiger partial charge in [0.15, 0.2) is 0 Å². The molecule has 6 rings (SSSR count). The van der Waals surface area contributed by atoms with Crippen LogP contribution < -0.4 is 4.90 Å². The molecule has 2 aromatic carbocycles. The Morgan fingerprint density at radius 2 is 1.38 bits per heavy atom. The maximum Gasteiger partial charge on any atom is 0.333 e. The molecule has 2 unspecified atom stereocenters. The molecular weight excluding hydrogens is 446 g/mol. The zero-order valence-corrected chi connectivity index (χ0v) is 20.1. The van der Waals surface area contributed by atoms with Gasteiger partial charge in [0.05, 0.1) is 11.4 Å². The van der Waals surface area contributed by atoms with Crippen LogP contribution in [0, 0.1) is 0 Å². The number of carbonyl (C=O) groups excluding carboxylic acids is 3. The van der Waals surface area contributed by atoms with E-state index in [2.05, 4.69) is 67.3 Å². The summed E-state index contributed by atoms with van der Waals surface area (Å²) in [6.45, 7) is 4.46. The van der Waals surface area contributed by atoms with Crippen LogP contribution in [0.4, 0.5) is 21.2 Å². The topological polar surface area (TPSA) is 60.9 Å². The molecule has 7 heteroatoms. The number of amides is 4. The molecule has 0 saturated carbocycles. The van der Waals surface area contributed by atoms with Crippen LogP contribution in [0.15, 0.2) is 54.1 Å². The zero-order valence-electron chi connectivity index (χ0n) is 19.3. The number of hydrogen-bond acceptors (Lipinski definition) is 5. The first kappa shape index (κ1) is 20.9. The fourth-order valence-electron chi connectivity index (χ4n) is 5.35. The minimum atomic E-state index is -0.617. The SMILES string of the molecule is CC1c2ccccc2N2c3sc(C=C4C(=O)N(C)C(=O)N(C)C4=O)cc3C(C)c3cccc1c32. The van der Waals surface area contributed by atoms with E-state index in [1.165, 1.54) is 47.7 Å². The van der Waals surface area contributed by atoms with Gasteiger partial charge in [0.25, 0.3) is 11.8 Å². The number of anilines is 3. The number of urea groups is 1. The first-order valence-corrected chi connectivity index (χ1v) is 12.1. The highest BCUT2D eigenvalue weighted by molar-refractivity contribution is 7.17. The number of thiophene rings is 1. The van der Waals surface area contributed by atoms with Gasteiger partial charge in [0.1, 0.15) is 10.6 Å². The van der Waals surface area contributed by atoms with E-state index in [0.717, 1.165) is 19.7 Å². The lowest BCUT2D eigenvalue weighted by Gasteiger charge is -2.41. The van der Waals surface area contributed by atoms with Gasteiger partial charge in [0, 0.05) is 30.8 Å². The van der Waals surface area contributed by atoms with Gasteiger partial charge in [-0.05, 0) is 40.5 Å². The van der Waals surface area contributed by atoms with Crippen LogP contribution in [-0.2, 0) is 9.59 Å². The van der Waals surface area contributed by atoms with Crippen molar-refractivity contribution in [1.82, 2.24) is 9.80 Å². The average molecular weight is 470 g/mol. The highest BCUT2D eigenvalue weighted by Gasteiger charge is 2.40. The van der Waals surface area contributed by atoms with Crippen molar-refractivity contribution in [2.24, 2.45) is 0 Å². The van der Waals surface area contributed by atoms with Crippen molar-refractivity contribution in [1.29, 1.82) is 0 Å². The van der Waals surface area contributed by atoms with Gasteiger partial charge in [0.2, 0.25) is 0 Å². The number of fused-ring (bicyclic) bond motifs is 4. The van der Waals surface area contributed by atoms with E-state index in [-0.39, 0.29) is 11.5 Å². The van der Waals surface area contributed by atoms with E-state index in [1.54, 1.807) is 17.4 Å². The molecule has 0 spiro atoms. The molecule has 2 atom stereocenters. The van der Waals surface area contributed by atoms with Crippen LogP contribution in [0.3, 0.4) is 0 Å². The summed E-state index contributed by atoms with van der Waals surface area (Å²) < 4.78 is 0. The third kappa shape index (κ3) is 2.64. The van der Waals surface area contributed by atoms with Gasteiger partial charge >= 0.3 is 6.03 Å². The van der Waals surface area contributed by atoms with Crippen LogP contribution in [-0.4, -0.2) is 41.7 Å². The van der Waals surface area contributed by atoms with Crippen LogP contribution in [0.1, 0.15) is 52.8 Å². The maximum atomic E-state index is 12.7. The smallest absolute Gasteiger partial charge is 0.301 e. The summed E-state index contributed by atoms with van der Waals surface area (Å²) >= 11 is 1.57. The molecule has 170 valence electrons. The summed E-state index contributed by atoms with van der Waals surface area (Å²) in [6.07, 6.45) is 1.63. The summed E-state index contributed by atoms with van der Waals surface area (Å²) in [5.74, 6) is -0.684. The lowest BCUT2D eigenvalue weighted by molar-refractivity contribution is -0.134. The van der Waals surface area contributed by atoms with Crippen LogP contribution >= 0.6 is 11.3 Å². The molecule has 3 aromatic rings. The van der Waals surface area contributed by atoms with E-state index in [0.29, 0.717) is 5.92 Å². The minimum absolute atomic E-state index is 0.00159. The minimum Gasteiger partial charge on any atom is -0.301 e. The van der Waals surface area contributed by atoms with Crippen LogP contribution in [0.5, 0.6) is 0 Å². The number of benzene rings is 2. The molecule has 1 saturated heterocycles. The van der Waals surface area contributed by atoms with Crippen molar-refractivity contribution in [2.75, 3.05) is 19.0 Å².